The number of hydrogen-bond acceptors (Lipinski definition) is 3. The fourth-order valence-corrected chi connectivity index (χ4v) is 2.70. The topological polar surface area (TPSA) is 87.7 Å². The van der Waals surface area contributed by atoms with Crippen molar-refractivity contribution in [3.8, 4) is 0 Å². The number of aliphatic carboxylic acids is 1. The first kappa shape index (κ1) is 15.1. The summed E-state index contributed by atoms with van der Waals surface area (Å²) >= 11 is 0. The van der Waals surface area contributed by atoms with E-state index < -0.39 is 16.9 Å². The van der Waals surface area contributed by atoms with Crippen molar-refractivity contribution in [2.45, 2.75) is 70.7 Å². The number of ether oxygens (including phenoxy) is 1. The normalized spacial score (nSPS) is 29.3. The van der Waals surface area contributed by atoms with Crippen molar-refractivity contribution in [3.05, 3.63) is 0 Å². The molecule has 0 saturated carbocycles. The summed E-state index contributed by atoms with van der Waals surface area (Å²) in [6.45, 7) is 6.66. The van der Waals surface area contributed by atoms with Gasteiger partial charge < -0.3 is 20.5 Å². The Balaban J connectivity index is 1.92. The quantitative estimate of drug-likeness (QED) is 0.730. The Morgan fingerprint density at radius 2 is 1.85 bits per heavy atom. The average Bonchev–Trinajstić information content (AvgIpc) is 2.89. The zero-order valence-electron chi connectivity index (χ0n) is 12.5. The zero-order valence-corrected chi connectivity index (χ0v) is 12.5. The van der Waals surface area contributed by atoms with Gasteiger partial charge in [-0.15, -0.1) is 0 Å². The van der Waals surface area contributed by atoms with E-state index in [1.165, 1.54) is 0 Å². The predicted octanol–water partition coefficient (Wildman–Crippen LogP) is 1.49. The monoisotopic (exact) mass is 284 g/mol. The first-order valence-electron chi connectivity index (χ1n) is 7.11. The van der Waals surface area contributed by atoms with Crippen LogP contribution in [0.4, 0.5) is 4.79 Å². The highest BCUT2D eigenvalue weighted by Crippen LogP contribution is 2.34. The molecule has 2 heterocycles. The number of hydrogen-bond donors (Lipinski definition) is 3. The van der Waals surface area contributed by atoms with Gasteiger partial charge >= 0.3 is 12.0 Å². The molecule has 3 atom stereocenters. The van der Waals surface area contributed by atoms with Crippen LogP contribution >= 0.6 is 0 Å². The van der Waals surface area contributed by atoms with Crippen LogP contribution in [0.1, 0.15) is 47.0 Å². The maximum atomic E-state index is 12.1. The van der Waals surface area contributed by atoms with Gasteiger partial charge in [-0.2, -0.15) is 0 Å². The summed E-state index contributed by atoms with van der Waals surface area (Å²) in [6.07, 6.45) is 3.29. The van der Waals surface area contributed by atoms with Gasteiger partial charge in [-0.3, -0.25) is 4.79 Å². The number of fused-ring (bicyclic) bond motifs is 2. The van der Waals surface area contributed by atoms with E-state index in [0.717, 1.165) is 19.3 Å². The van der Waals surface area contributed by atoms with Crippen LogP contribution in [0.3, 0.4) is 0 Å². The summed E-state index contributed by atoms with van der Waals surface area (Å²) in [4.78, 5) is 23.4. The van der Waals surface area contributed by atoms with Crippen molar-refractivity contribution in [1.82, 2.24) is 10.6 Å². The van der Waals surface area contributed by atoms with Gasteiger partial charge in [0, 0.05) is 0 Å². The molecule has 20 heavy (non-hydrogen) atoms. The van der Waals surface area contributed by atoms with Crippen LogP contribution < -0.4 is 10.6 Å². The first-order chi connectivity index (χ1) is 9.13. The second-order valence-corrected chi connectivity index (χ2v) is 6.87. The number of carboxylic acid groups (broad SMARTS) is 1. The molecule has 2 bridgehead atoms. The molecule has 0 aromatic heterocycles. The number of nitrogens with one attached hydrogen (secondary N) is 2. The minimum atomic E-state index is -1.06. The second-order valence-electron chi connectivity index (χ2n) is 6.87. The highest BCUT2D eigenvalue weighted by atomic mass is 16.5. The maximum absolute atomic E-state index is 12.1. The highest BCUT2D eigenvalue weighted by Gasteiger charge is 2.46. The van der Waals surface area contributed by atoms with Crippen molar-refractivity contribution in [2.75, 3.05) is 0 Å². The summed E-state index contributed by atoms with van der Waals surface area (Å²) < 4.78 is 5.68. The Labute approximate surface area is 119 Å². The maximum Gasteiger partial charge on any atom is 0.315 e. The van der Waals surface area contributed by atoms with Crippen LogP contribution in [0, 0.1) is 5.41 Å². The zero-order chi connectivity index (χ0) is 15.1. The molecule has 0 aromatic carbocycles. The lowest BCUT2D eigenvalue weighted by Gasteiger charge is -2.39. The van der Waals surface area contributed by atoms with Gasteiger partial charge in [0.1, 0.15) is 0 Å². The van der Waals surface area contributed by atoms with Gasteiger partial charge in [-0.1, -0.05) is 0 Å². The molecule has 0 aliphatic carbocycles. The van der Waals surface area contributed by atoms with E-state index in [9.17, 15) is 14.7 Å². The van der Waals surface area contributed by atoms with Gasteiger partial charge in [0.15, 0.2) is 0 Å². The van der Waals surface area contributed by atoms with Crippen LogP contribution in [0.25, 0.3) is 0 Å². The van der Waals surface area contributed by atoms with E-state index in [1.54, 1.807) is 27.7 Å². The van der Waals surface area contributed by atoms with Crippen molar-refractivity contribution in [2.24, 2.45) is 5.41 Å². The van der Waals surface area contributed by atoms with E-state index in [-0.39, 0.29) is 24.3 Å². The molecule has 6 nitrogen and oxygen atoms in total. The molecule has 0 spiro atoms. The third kappa shape index (κ3) is 2.61. The van der Waals surface area contributed by atoms with Crippen LogP contribution in [-0.2, 0) is 9.53 Å². The van der Waals surface area contributed by atoms with Crippen LogP contribution in [0.2, 0.25) is 0 Å². The number of amides is 2. The summed E-state index contributed by atoms with van der Waals surface area (Å²) in [7, 11) is 0. The molecule has 2 aliphatic rings. The average molecular weight is 284 g/mol. The molecule has 2 aliphatic heterocycles. The third-order valence-electron chi connectivity index (χ3n) is 4.95. The van der Waals surface area contributed by atoms with Crippen molar-refractivity contribution >= 4 is 12.0 Å². The number of carbonyl (C=O) groups excluding carboxylic acids is 1. The number of carbonyl (C=O) groups is 2. The molecule has 0 aromatic rings. The molecule has 0 radical (unpaired) electrons. The second kappa shape index (κ2) is 4.91. The molecule has 2 saturated heterocycles. The molecular weight excluding hydrogens is 260 g/mol. The van der Waals surface area contributed by atoms with Crippen LogP contribution in [-0.4, -0.2) is 40.9 Å². The lowest BCUT2D eigenvalue weighted by molar-refractivity contribution is -0.150. The lowest BCUT2D eigenvalue weighted by atomic mass is 9.74. The van der Waals surface area contributed by atoms with Gasteiger partial charge in [0.25, 0.3) is 0 Å². The van der Waals surface area contributed by atoms with E-state index in [0.29, 0.717) is 0 Å². The summed E-state index contributed by atoms with van der Waals surface area (Å²) in [5.41, 5.74) is -1.92. The van der Waals surface area contributed by atoms with Gasteiger partial charge in [-0.25, -0.2) is 4.79 Å². The number of urea groups is 1. The third-order valence-corrected chi connectivity index (χ3v) is 4.95. The van der Waals surface area contributed by atoms with Crippen LogP contribution in [0.5, 0.6) is 0 Å². The molecule has 6 heteroatoms. The van der Waals surface area contributed by atoms with Gasteiger partial charge in [-0.05, 0) is 47.0 Å². The van der Waals surface area contributed by atoms with E-state index >= 15 is 0 Å². The minimum absolute atomic E-state index is 0.0393. The van der Waals surface area contributed by atoms with Gasteiger partial charge in [0.05, 0.1) is 29.2 Å². The molecule has 3 unspecified atom stereocenters. The minimum Gasteiger partial charge on any atom is -0.481 e. The Morgan fingerprint density at radius 1 is 1.20 bits per heavy atom. The largest absolute Gasteiger partial charge is 0.481 e. The predicted molar refractivity (Wildman–Crippen MR) is 73.5 cm³/mol. The SMILES string of the molecule is CC(C)(NC(=O)NC1CC2CCC1O2)C(C)(C)C(=O)O. The number of rotatable bonds is 4. The summed E-state index contributed by atoms with van der Waals surface area (Å²) in [5, 5.41) is 15.0. The molecule has 2 rings (SSSR count). The molecule has 2 amide bonds. The van der Waals surface area contributed by atoms with Crippen molar-refractivity contribution < 1.29 is 19.4 Å². The standard InChI is InChI=1S/C14H24N2O4/c1-13(2,11(17)18)14(3,4)16-12(19)15-9-7-8-5-6-10(9)20-8/h8-10H,5-7H2,1-4H3,(H,17,18)(H2,15,16,19). The summed E-state index contributed by atoms with van der Waals surface area (Å²) in [5.74, 6) is -0.939. The smallest absolute Gasteiger partial charge is 0.315 e. The lowest BCUT2D eigenvalue weighted by Crippen LogP contribution is -2.60. The fraction of sp³-hybridized carbons (Fsp3) is 0.857. The van der Waals surface area contributed by atoms with Crippen LogP contribution in [0.15, 0.2) is 0 Å². The Bertz CT molecular complexity index is 419. The van der Waals surface area contributed by atoms with Crippen molar-refractivity contribution in [3.63, 3.8) is 0 Å². The first-order valence-corrected chi connectivity index (χ1v) is 7.11. The van der Waals surface area contributed by atoms with E-state index in [4.69, 9.17) is 4.74 Å². The van der Waals surface area contributed by atoms with Crippen molar-refractivity contribution in [1.29, 1.82) is 0 Å². The van der Waals surface area contributed by atoms with Gasteiger partial charge in [0.2, 0.25) is 0 Å². The highest BCUT2D eigenvalue weighted by molar-refractivity contribution is 5.79. The van der Waals surface area contributed by atoms with E-state index in [2.05, 4.69) is 10.6 Å². The molecular formula is C14H24N2O4. The Hall–Kier alpha value is -1.30. The number of carboxylic acids is 1. The van der Waals surface area contributed by atoms with E-state index in [1.807, 2.05) is 0 Å². The fourth-order valence-electron chi connectivity index (χ4n) is 2.70. The molecule has 2 fully saturated rings. The molecule has 114 valence electrons. The Kier molecular flexibility index (Phi) is 3.71. The Morgan fingerprint density at radius 3 is 2.30 bits per heavy atom. The summed E-state index contributed by atoms with van der Waals surface area (Å²) in [6, 6.07) is -0.289. The molecule has 3 N–H and O–H groups in total.